The van der Waals surface area contributed by atoms with Crippen molar-refractivity contribution < 1.29 is 0 Å². The van der Waals surface area contributed by atoms with Crippen LogP contribution < -0.4 is 10.2 Å². The maximum Gasteiger partial charge on any atom is 0.0367 e. The van der Waals surface area contributed by atoms with Crippen LogP contribution >= 0.6 is 15.9 Å². The molecule has 0 bridgehead atoms. The monoisotopic (exact) mass is 325 g/mol. The summed E-state index contributed by atoms with van der Waals surface area (Å²) in [5.74, 6) is 0. The molecule has 0 unspecified atom stereocenters. The number of anilines is 1. The summed E-state index contributed by atoms with van der Waals surface area (Å²) < 4.78 is 1.19. The lowest BCUT2D eigenvalue weighted by molar-refractivity contribution is 0.239. The van der Waals surface area contributed by atoms with Gasteiger partial charge in [-0.3, -0.25) is 0 Å². The molecule has 0 radical (unpaired) electrons. The number of hydrogen-bond donors (Lipinski definition) is 1. The molecule has 1 aliphatic heterocycles. The Labute approximate surface area is 125 Å². The first-order valence-electron chi connectivity index (χ1n) is 7.07. The zero-order chi connectivity index (χ0) is 13.7. The van der Waals surface area contributed by atoms with Crippen LogP contribution in [0, 0.1) is 6.92 Å². The fourth-order valence-corrected chi connectivity index (χ4v) is 2.71. The summed E-state index contributed by atoms with van der Waals surface area (Å²) in [6.45, 7) is 9.14. The maximum atomic E-state index is 3.55. The molecule has 3 nitrogen and oxygen atoms in total. The Morgan fingerprint density at radius 2 is 2.05 bits per heavy atom. The summed E-state index contributed by atoms with van der Waals surface area (Å²) in [4.78, 5) is 4.90. The Hall–Kier alpha value is -0.580. The Morgan fingerprint density at radius 3 is 2.74 bits per heavy atom. The Morgan fingerprint density at radius 1 is 1.32 bits per heavy atom. The van der Waals surface area contributed by atoms with E-state index in [1.807, 2.05) is 0 Å². The Kier molecular flexibility index (Phi) is 5.67. The third-order valence-electron chi connectivity index (χ3n) is 3.76. The molecular formula is C15H24BrN3. The fourth-order valence-electron chi connectivity index (χ4n) is 2.46. The molecule has 4 heteroatoms. The molecule has 106 valence electrons. The van der Waals surface area contributed by atoms with Crippen LogP contribution in [0.3, 0.4) is 0 Å². The zero-order valence-electron chi connectivity index (χ0n) is 12.0. The van der Waals surface area contributed by atoms with Gasteiger partial charge in [0.15, 0.2) is 0 Å². The van der Waals surface area contributed by atoms with Gasteiger partial charge in [0.05, 0.1) is 0 Å². The lowest BCUT2D eigenvalue weighted by Crippen LogP contribution is -2.44. The number of nitrogens with zero attached hydrogens (tertiary/aromatic N) is 2. The van der Waals surface area contributed by atoms with Gasteiger partial charge in [-0.2, -0.15) is 0 Å². The summed E-state index contributed by atoms with van der Waals surface area (Å²) in [5.41, 5.74) is 2.60. The van der Waals surface area contributed by atoms with Crippen molar-refractivity contribution in [3.05, 3.63) is 28.2 Å². The first-order chi connectivity index (χ1) is 9.16. The van der Waals surface area contributed by atoms with Crippen molar-refractivity contribution in [1.82, 2.24) is 10.2 Å². The summed E-state index contributed by atoms with van der Waals surface area (Å²) in [6.07, 6.45) is 1.23. The lowest BCUT2D eigenvalue weighted by atomic mass is 10.2. The molecule has 1 heterocycles. The van der Waals surface area contributed by atoms with Crippen molar-refractivity contribution in [1.29, 1.82) is 0 Å². The van der Waals surface area contributed by atoms with Gasteiger partial charge in [0.2, 0.25) is 0 Å². The molecule has 0 spiro atoms. The van der Waals surface area contributed by atoms with E-state index in [4.69, 9.17) is 0 Å². The van der Waals surface area contributed by atoms with Gasteiger partial charge in [-0.15, -0.1) is 0 Å². The van der Waals surface area contributed by atoms with Crippen LogP contribution in [-0.4, -0.2) is 51.2 Å². The second-order valence-electron chi connectivity index (χ2n) is 5.30. The van der Waals surface area contributed by atoms with Gasteiger partial charge in [0.25, 0.3) is 0 Å². The molecule has 1 saturated heterocycles. The number of piperazine rings is 1. The minimum Gasteiger partial charge on any atom is -0.375 e. The van der Waals surface area contributed by atoms with Crippen molar-refractivity contribution >= 4 is 21.6 Å². The van der Waals surface area contributed by atoms with Crippen molar-refractivity contribution in [3.63, 3.8) is 0 Å². The predicted molar refractivity (Wildman–Crippen MR) is 86.1 cm³/mol. The van der Waals surface area contributed by atoms with Crippen LogP contribution in [0.25, 0.3) is 0 Å². The molecule has 0 saturated carbocycles. The highest BCUT2D eigenvalue weighted by molar-refractivity contribution is 9.10. The van der Waals surface area contributed by atoms with Crippen molar-refractivity contribution in [3.8, 4) is 0 Å². The number of nitrogens with one attached hydrogen (secondary N) is 1. The van der Waals surface area contributed by atoms with Gasteiger partial charge in [-0.05, 0) is 43.7 Å². The number of aryl methyl sites for hydroxylation is 1. The van der Waals surface area contributed by atoms with Crippen LogP contribution in [0.4, 0.5) is 5.69 Å². The van der Waals surface area contributed by atoms with E-state index in [2.05, 4.69) is 63.2 Å². The van der Waals surface area contributed by atoms with Crippen molar-refractivity contribution in [2.75, 3.05) is 51.2 Å². The Bertz CT molecular complexity index is 402. The van der Waals surface area contributed by atoms with Gasteiger partial charge in [0, 0.05) is 49.9 Å². The molecule has 2 rings (SSSR count). The van der Waals surface area contributed by atoms with E-state index in [9.17, 15) is 0 Å². The molecule has 1 aliphatic rings. The minimum absolute atomic E-state index is 1.12. The van der Waals surface area contributed by atoms with Crippen LogP contribution in [0.15, 0.2) is 22.7 Å². The van der Waals surface area contributed by atoms with Crippen LogP contribution in [0.5, 0.6) is 0 Å². The van der Waals surface area contributed by atoms with E-state index in [-0.39, 0.29) is 0 Å². The quantitative estimate of drug-likeness (QED) is 0.897. The van der Waals surface area contributed by atoms with Crippen molar-refractivity contribution in [2.45, 2.75) is 13.3 Å². The molecule has 1 aromatic carbocycles. The van der Waals surface area contributed by atoms with Crippen LogP contribution in [0.1, 0.15) is 12.0 Å². The minimum atomic E-state index is 1.12. The van der Waals surface area contributed by atoms with E-state index in [1.54, 1.807) is 0 Å². The van der Waals surface area contributed by atoms with E-state index >= 15 is 0 Å². The van der Waals surface area contributed by atoms with Crippen LogP contribution in [0.2, 0.25) is 0 Å². The van der Waals surface area contributed by atoms with E-state index in [0.717, 1.165) is 19.6 Å². The van der Waals surface area contributed by atoms with Gasteiger partial charge in [-0.1, -0.05) is 15.9 Å². The molecule has 0 aromatic heterocycles. The molecule has 1 N–H and O–H groups in total. The number of halogens is 1. The molecule has 0 atom stereocenters. The molecule has 0 amide bonds. The van der Waals surface area contributed by atoms with Crippen molar-refractivity contribution in [2.24, 2.45) is 0 Å². The average Bonchev–Trinajstić information content (AvgIpc) is 2.43. The van der Waals surface area contributed by atoms with Gasteiger partial charge < -0.3 is 15.1 Å². The van der Waals surface area contributed by atoms with Gasteiger partial charge in [-0.25, -0.2) is 0 Å². The Balaban J connectivity index is 1.76. The molecule has 1 fully saturated rings. The predicted octanol–water partition coefficient (Wildman–Crippen LogP) is 2.49. The van der Waals surface area contributed by atoms with Gasteiger partial charge >= 0.3 is 0 Å². The topological polar surface area (TPSA) is 18.5 Å². The highest BCUT2D eigenvalue weighted by Crippen LogP contribution is 2.22. The molecule has 1 aromatic rings. The number of rotatable bonds is 5. The van der Waals surface area contributed by atoms with Crippen LogP contribution in [-0.2, 0) is 0 Å². The number of hydrogen-bond acceptors (Lipinski definition) is 3. The van der Waals surface area contributed by atoms with Gasteiger partial charge in [0.1, 0.15) is 0 Å². The molecule has 0 aliphatic carbocycles. The van der Waals surface area contributed by atoms with E-state index < -0.39 is 0 Å². The summed E-state index contributed by atoms with van der Waals surface area (Å²) in [5, 5.41) is 3.39. The standard InChI is InChI=1S/C15H24BrN3/c1-13-12-14(4-5-15(13)16)18(2)8-3-9-19-10-6-17-7-11-19/h4-5,12,17H,3,6-11H2,1-2H3. The highest BCUT2D eigenvalue weighted by atomic mass is 79.9. The molecule has 19 heavy (non-hydrogen) atoms. The first kappa shape index (κ1) is 14.8. The SMILES string of the molecule is Cc1cc(N(C)CCCN2CCNCC2)ccc1Br. The number of benzene rings is 1. The lowest BCUT2D eigenvalue weighted by Gasteiger charge is -2.28. The molecular weight excluding hydrogens is 302 g/mol. The zero-order valence-corrected chi connectivity index (χ0v) is 13.5. The van der Waals surface area contributed by atoms with E-state index in [1.165, 1.54) is 41.8 Å². The van der Waals surface area contributed by atoms with E-state index in [0.29, 0.717) is 0 Å². The maximum absolute atomic E-state index is 3.55. The first-order valence-corrected chi connectivity index (χ1v) is 7.86. The summed E-state index contributed by atoms with van der Waals surface area (Å²) in [7, 11) is 2.18. The normalized spacial score (nSPS) is 16.6. The average molecular weight is 326 g/mol. The second kappa shape index (κ2) is 7.27. The summed E-state index contributed by atoms with van der Waals surface area (Å²) in [6, 6.07) is 6.56. The highest BCUT2D eigenvalue weighted by Gasteiger charge is 2.09. The third-order valence-corrected chi connectivity index (χ3v) is 4.65. The smallest absolute Gasteiger partial charge is 0.0367 e. The fraction of sp³-hybridized carbons (Fsp3) is 0.600. The second-order valence-corrected chi connectivity index (χ2v) is 6.15. The third kappa shape index (κ3) is 4.48. The largest absolute Gasteiger partial charge is 0.375 e. The summed E-state index contributed by atoms with van der Waals surface area (Å²) >= 11 is 3.55.